The molecule has 0 aromatic carbocycles. The second-order valence-electron chi connectivity index (χ2n) is 4.94. The topological polar surface area (TPSA) is 25.2 Å². The summed E-state index contributed by atoms with van der Waals surface area (Å²) in [5.74, 6) is 1.10. The van der Waals surface area contributed by atoms with E-state index < -0.39 is 0 Å². The molecular weight excluding hydrogens is 254 g/mol. The predicted octanol–water partition coefficient (Wildman–Crippen LogP) is 4.61. The molecule has 19 heavy (non-hydrogen) atoms. The average molecular weight is 277 g/mol. The molecule has 2 nitrogen and oxygen atoms in total. The van der Waals surface area contributed by atoms with Gasteiger partial charge >= 0.3 is 0 Å². The molecule has 1 unspecified atom stereocenters. The van der Waals surface area contributed by atoms with E-state index in [9.17, 15) is 0 Å². The highest BCUT2D eigenvalue weighted by Gasteiger charge is 2.21. The Balaban J connectivity index is 2.38. The summed E-state index contributed by atoms with van der Waals surface area (Å²) in [6, 6.07) is 4.65. The average Bonchev–Trinajstić information content (AvgIpc) is 2.97. The summed E-state index contributed by atoms with van der Waals surface area (Å²) in [5, 5.41) is 3.67. The van der Waals surface area contributed by atoms with E-state index in [2.05, 4.69) is 45.1 Å². The van der Waals surface area contributed by atoms with Gasteiger partial charge in [-0.2, -0.15) is 0 Å². The van der Waals surface area contributed by atoms with Crippen LogP contribution in [-0.4, -0.2) is 6.54 Å². The highest BCUT2D eigenvalue weighted by atomic mass is 32.1. The molecule has 1 N–H and O–H groups in total. The van der Waals surface area contributed by atoms with Gasteiger partial charge in [0, 0.05) is 21.7 Å². The van der Waals surface area contributed by atoms with Crippen LogP contribution in [-0.2, 0) is 6.42 Å². The van der Waals surface area contributed by atoms with Crippen LogP contribution in [0.25, 0.3) is 0 Å². The minimum atomic E-state index is 0.271. The van der Waals surface area contributed by atoms with Crippen LogP contribution in [0.4, 0.5) is 0 Å². The number of aryl methyl sites for hydroxylation is 3. The van der Waals surface area contributed by atoms with Gasteiger partial charge in [0.1, 0.15) is 5.76 Å². The van der Waals surface area contributed by atoms with Crippen LogP contribution < -0.4 is 5.32 Å². The quantitative estimate of drug-likeness (QED) is 0.834. The molecular formula is C16H23NOS. The monoisotopic (exact) mass is 277 g/mol. The molecule has 0 saturated carbocycles. The van der Waals surface area contributed by atoms with Gasteiger partial charge in [0.05, 0.1) is 12.3 Å². The van der Waals surface area contributed by atoms with Crippen molar-refractivity contribution >= 4 is 11.3 Å². The Kier molecular flexibility index (Phi) is 4.83. The van der Waals surface area contributed by atoms with Gasteiger partial charge in [-0.3, -0.25) is 0 Å². The Morgan fingerprint density at radius 2 is 2.11 bits per heavy atom. The van der Waals surface area contributed by atoms with Crippen molar-refractivity contribution in [3.05, 3.63) is 45.0 Å². The summed E-state index contributed by atoms with van der Waals surface area (Å²) in [6.45, 7) is 9.74. The van der Waals surface area contributed by atoms with Gasteiger partial charge in [0.2, 0.25) is 0 Å². The molecule has 1 atom stereocenters. The Morgan fingerprint density at radius 1 is 1.32 bits per heavy atom. The minimum Gasteiger partial charge on any atom is -0.469 e. The maximum absolute atomic E-state index is 5.61. The first-order valence-corrected chi connectivity index (χ1v) is 7.85. The number of thiophene rings is 1. The fourth-order valence-electron chi connectivity index (χ4n) is 2.47. The zero-order valence-electron chi connectivity index (χ0n) is 12.2. The second-order valence-corrected chi connectivity index (χ2v) is 6.23. The lowest BCUT2D eigenvalue weighted by atomic mass is 10.0. The maximum Gasteiger partial charge on any atom is 0.108 e. The molecule has 2 aromatic heterocycles. The zero-order valence-corrected chi connectivity index (χ0v) is 13.1. The number of hydrogen-bond donors (Lipinski definition) is 1. The van der Waals surface area contributed by atoms with Crippen molar-refractivity contribution in [3.8, 4) is 0 Å². The van der Waals surface area contributed by atoms with Gasteiger partial charge in [-0.05, 0) is 44.5 Å². The van der Waals surface area contributed by atoms with Gasteiger partial charge in [-0.1, -0.05) is 13.8 Å². The zero-order chi connectivity index (χ0) is 13.8. The molecule has 2 rings (SSSR count). The van der Waals surface area contributed by atoms with E-state index in [1.165, 1.54) is 20.9 Å². The summed E-state index contributed by atoms with van der Waals surface area (Å²) >= 11 is 1.89. The van der Waals surface area contributed by atoms with Gasteiger partial charge < -0.3 is 9.73 Å². The fourth-order valence-corrected chi connectivity index (χ4v) is 3.60. The molecule has 2 aromatic rings. The molecule has 0 spiro atoms. The van der Waals surface area contributed by atoms with Crippen LogP contribution in [0.2, 0.25) is 0 Å². The third-order valence-electron chi connectivity index (χ3n) is 3.35. The van der Waals surface area contributed by atoms with Gasteiger partial charge in [0.15, 0.2) is 0 Å². The fraction of sp³-hybridized carbons (Fsp3) is 0.500. The van der Waals surface area contributed by atoms with Crippen molar-refractivity contribution in [3.63, 3.8) is 0 Å². The van der Waals surface area contributed by atoms with E-state index in [1.807, 2.05) is 17.6 Å². The highest BCUT2D eigenvalue weighted by molar-refractivity contribution is 7.12. The molecule has 0 aliphatic rings. The van der Waals surface area contributed by atoms with E-state index in [1.54, 1.807) is 0 Å². The summed E-state index contributed by atoms with van der Waals surface area (Å²) in [5.41, 5.74) is 2.67. The number of nitrogens with one attached hydrogen (secondary N) is 1. The predicted molar refractivity (Wildman–Crippen MR) is 82.0 cm³/mol. The van der Waals surface area contributed by atoms with Crippen molar-refractivity contribution in [2.45, 2.75) is 46.6 Å². The van der Waals surface area contributed by atoms with Crippen molar-refractivity contribution in [1.29, 1.82) is 0 Å². The SMILES string of the molecule is CCCNC(c1ccoc1CC)c1sc(C)cc1C. The van der Waals surface area contributed by atoms with E-state index in [0.29, 0.717) is 0 Å². The van der Waals surface area contributed by atoms with Crippen molar-refractivity contribution < 1.29 is 4.42 Å². The van der Waals surface area contributed by atoms with Crippen molar-refractivity contribution in [2.75, 3.05) is 6.54 Å². The normalized spacial score (nSPS) is 12.8. The molecule has 2 heterocycles. The Bertz CT molecular complexity index is 527. The summed E-state index contributed by atoms with van der Waals surface area (Å²) in [4.78, 5) is 2.79. The Morgan fingerprint density at radius 3 is 2.68 bits per heavy atom. The van der Waals surface area contributed by atoms with Gasteiger partial charge in [-0.25, -0.2) is 0 Å². The molecule has 0 bridgehead atoms. The lowest BCUT2D eigenvalue weighted by Gasteiger charge is -2.18. The van der Waals surface area contributed by atoms with Crippen LogP contribution in [0, 0.1) is 13.8 Å². The summed E-state index contributed by atoms with van der Waals surface area (Å²) in [6.07, 6.45) is 3.89. The number of furan rings is 1. The number of rotatable bonds is 6. The standard InChI is InChI=1S/C16H23NOS/c1-5-8-17-15(13-7-9-18-14(13)6-2)16-11(3)10-12(4)19-16/h7,9-10,15,17H,5-6,8H2,1-4H3. The Hall–Kier alpha value is -1.06. The molecule has 0 radical (unpaired) electrons. The van der Waals surface area contributed by atoms with Gasteiger partial charge in [-0.15, -0.1) is 11.3 Å². The van der Waals surface area contributed by atoms with Crippen LogP contribution in [0.3, 0.4) is 0 Å². The largest absolute Gasteiger partial charge is 0.469 e. The van der Waals surface area contributed by atoms with E-state index in [-0.39, 0.29) is 6.04 Å². The van der Waals surface area contributed by atoms with E-state index in [4.69, 9.17) is 4.42 Å². The first-order valence-electron chi connectivity index (χ1n) is 7.03. The lowest BCUT2D eigenvalue weighted by Crippen LogP contribution is -2.23. The first kappa shape index (κ1) is 14.4. The van der Waals surface area contributed by atoms with Crippen LogP contribution in [0.5, 0.6) is 0 Å². The third kappa shape index (κ3) is 3.10. The van der Waals surface area contributed by atoms with Crippen molar-refractivity contribution in [1.82, 2.24) is 5.32 Å². The molecule has 3 heteroatoms. The molecule has 0 aliphatic carbocycles. The van der Waals surface area contributed by atoms with Crippen LogP contribution >= 0.6 is 11.3 Å². The van der Waals surface area contributed by atoms with E-state index in [0.717, 1.165) is 25.1 Å². The summed E-state index contributed by atoms with van der Waals surface area (Å²) < 4.78 is 5.61. The highest BCUT2D eigenvalue weighted by Crippen LogP contribution is 2.34. The second kappa shape index (κ2) is 6.40. The maximum atomic E-state index is 5.61. The Labute approximate surface area is 119 Å². The summed E-state index contributed by atoms with van der Waals surface area (Å²) in [7, 11) is 0. The minimum absolute atomic E-state index is 0.271. The molecule has 0 saturated heterocycles. The smallest absolute Gasteiger partial charge is 0.108 e. The number of hydrogen-bond acceptors (Lipinski definition) is 3. The van der Waals surface area contributed by atoms with Crippen molar-refractivity contribution in [2.24, 2.45) is 0 Å². The van der Waals surface area contributed by atoms with Gasteiger partial charge in [0.25, 0.3) is 0 Å². The molecule has 0 fully saturated rings. The third-order valence-corrected chi connectivity index (χ3v) is 4.57. The van der Waals surface area contributed by atoms with Crippen LogP contribution in [0.1, 0.15) is 53.0 Å². The lowest BCUT2D eigenvalue weighted by molar-refractivity contribution is 0.500. The van der Waals surface area contributed by atoms with Crippen LogP contribution in [0.15, 0.2) is 22.8 Å². The molecule has 0 aliphatic heterocycles. The molecule has 104 valence electrons. The molecule has 0 amide bonds. The van der Waals surface area contributed by atoms with E-state index >= 15 is 0 Å². The first-order chi connectivity index (χ1) is 9.17.